The van der Waals surface area contributed by atoms with Gasteiger partial charge in [-0.2, -0.15) is 0 Å². The maximum absolute atomic E-state index is 11.5. The number of imidazole rings is 2. The van der Waals surface area contributed by atoms with Gasteiger partial charge in [-0.3, -0.25) is 9.59 Å². The van der Waals surface area contributed by atoms with Gasteiger partial charge in [0.25, 0.3) is 11.8 Å². The van der Waals surface area contributed by atoms with Crippen LogP contribution in [0.5, 0.6) is 5.75 Å². The highest BCUT2D eigenvalue weighted by molar-refractivity contribution is 6.04. The standard InChI is InChI=1S/C19H23N7O3/c20-16(27)14-15(17(21)28)25-19(24-14)18-22-12-5-4-11(10-13(12)23-18)29-9-3-8-26-6-1-2-7-26/h4-5,10H,1-3,6-9H2,(H2,20,27)(H2,21,28)(H,22,23)(H,24,25). The van der Waals surface area contributed by atoms with Crippen LogP contribution in [-0.2, 0) is 0 Å². The van der Waals surface area contributed by atoms with E-state index in [1.54, 1.807) is 0 Å². The number of hydrogen-bond donors (Lipinski definition) is 4. The fourth-order valence-electron chi connectivity index (χ4n) is 3.52. The quantitative estimate of drug-likeness (QED) is 0.416. The third-order valence-corrected chi connectivity index (χ3v) is 4.95. The number of nitrogens with two attached hydrogens (primary N) is 2. The number of primary amides is 2. The lowest BCUT2D eigenvalue weighted by molar-refractivity contribution is 0.0962. The van der Waals surface area contributed by atoms with Crippen LogP contribution in [0.3, 0.4) is 0 Å². The van der Waals surface area contributed by atoms with Crippen molar-refractivity contribution in [2.45, 2.75) is 19.3 Å². The number of likely N-dealkylation sites (tertiary alicyclic amines) is 1. The first kappa shape index (κ1) is 18.9. The highest BCUT2D eigenvalue weighted by Crippen LogP contribution is 2.23. The number of H-pyrrole nitrogens is 2. The topological polar surface area (TPSA) is 156 Å². The van der Waals surface area contributed by atoms with Gasteiger partial charge in [-0.1, -0.05) is 0 Å². The molecule has 0 saturated carbocycles. The van der Waals surface area contributed by atoms with E-state index in [2.05, 4.69) is 24.8 Å². The molecule has 1 aliphatic rings. The number of hydrogen-bond acceptors (Lipinski definition) is 6. The summed E-state index contributed by atoms with van der Waals surface area (Å²) in [5.74, 6) is -0.359. The van der Waals surface area contributed by atoms with Crippen molar-refractivity contribution in [1.29, 1.82) is 0 Å². The van der Waals surface area contributed by atoms with Crippen LogP contribution < -0.4 is 16.2 Å². The van der Waals surface area contributed by atoms with E-state index in [9.17, 15) is 9.59 Å². The molecule has 0 aliphatic carbocycles. The van der Waals surface area contributed by atoms with Crippen molar-refractivity contribution in [3.05, 3.63) is 29.6 Å². The molecule has 3 aromatic rings. The Kier molecular flexibility index (Phi) is 5.17. The number of rotatable bonds is 8. The number of carbonyl (C=O) groups excluding carboxylic acids is 2. The second kappa shape index (κ2) is 7.92. The highest BCUT2D eigenvalue weighted by atomic mass is 16.5. The minimum absolute atomic E-state index is 0.144. The first-order valence-corrected chi connectivity index (χ1v) is 9.56. The number of amides is 2. The molecule has 0 unspecified atom stereocenters. The van der Waals surface area contributed by atoms with Crippen LogP contribution in [0, 0.1) is 0 Å². The Labute approximate surface area is 166 Å². The molecule has 2 aromatic heterocycles. The predicted octanol–water partition coefficient (Wildman–Crippen LogP) is 1.02. The first-order valence-electron chi connectivity index (χ1n) is 9.56. The summed E-state index contributed by atoms with van der Waals surface area (Å²) in [7, 11) is 0. The molecular formula is C19H23N7O3. The van der Waals surface area contributed by atoms with Crippen molar-refractivity contribution >= 4 is 22.8 Å². The molecular weight excluding hydrogens is 374 g/mol. The largest absolute Gasteiger partial charge is 0.493 e. The van der Waals surface area contributed by atoms with E-state index in [-0.39, 0.29) is 17.2 Å². The SMILES string of the molecule is NC(=O)c1nc(-c2nc3ccc(OCCCN4CCCC4)cc3[nH]2)[nH]c1C(N)=O. The van der Waals surface area contributed by atoms with Crippen molar-refractivity contribution < 1.29 is 14.3 Å². The van der Waals surface area contributed by atoms with Crippen LogP contribution in [0.4, 0.5) is 0 Å². The molecule has 1 aromatic carbocycles. The Morgan fingerprint density at radius 3 is 2.52 bits per heavy atom. The number of carbonyl (C=O) groups is 2. The maximum Gasteiger partial charge on any atom is 0.269 e. The predicted molar refractivity (Wildman–Crippen MR) is 106 cm³/mol. The molecule has 4 rings (SSSR count). The summed E-state index contributed by atoms with van der Waals surface area (Å²) in [4.78, 5) is 39.7. The van der Waals surface area contributed by atoms with E-state index in [4.69, 9.17) is 16.2 Å². The molecule has 10 heteroatoms. The number of fused-ring (bicyclic) bond motifs is 1. The molecule has 2 amide bonds. The minimum atomic E-state index is -0.845. The minimum Gasteiger partial charge on any atom is -0.493 e. The fourth-order valence-corrected chi connectivity index (χ4v) is 3.52. The van der Waals surface area contributed by atoms with Gasteiger partial charge in [0.05, 0.1) is 17.6 Å². The van der Waals surface area contributed by atoms with E-state index >= 15 is 0 Å². The lowest BCUT2D eigenvalue weighted by Gasteiger charge is -2.14. The van der Waals surface area contributed by atoms with Crippen LogP contribution in [0.1, 0.15) is 40.2 Å². The van der Waals surface area contributed by atoms with Crippen molar-refractivity contribution in [3.8, 4) is 17.4 Å². The molecule has 10 nitrogen and oxygen atoms in total. The van der Waals surface area contributed by atoms with Crippen molar-refractivity contribution in [2.75, 3.05) is 26.2 Å². The van der Waals surface area contributed by atoms with Gasteiger partial charge < -0.3 is 31.1 Å². The maximum atomic E-state index is 11.5. The molecule has 152 valence electrons. The van der Waals surface area contributed by atoms with Crippen molar-refractivity contribution in [3.63, 3.8) is 0 Å². The zero-order valence-corrected chi connectivity index (χ0v) is 15.9. The zero-order valence-electron chi connectivity index (χ0n) is 15.9. The summed E-state index contributed by atoms with van der Waals surface area (Å²) in [6.45, 7) is 4.07. The Hall–Kier alpha value is -3.40. The van der Waals surface area contributed by atoms with Gasteiger partial charge in [-0.15, -0.1) is 0 Å². The average Bonchev–Trinajstić information content (AvgIpc) is 3.43. The van der Waals surface area contributed by atoms with Crippen LogP contribution in [0.2, 0.25) is 0 Å². The molecule has 0 atom stereocenters. The molecule has 6 N–H and O–H groups in total. The molecule has 0 spiro atoms. The smallest absolute Gasteiger partial charge is 0.269 e. The fraction of sp³-hybridized carbons (Fsp3) is 0.368. The number of aromatic nitrogens is 4. The summed E-state index contributed by atoms with van der Waals surface area (Å²) in [5.41, 5.74) is 11.6. The summed E-state index contributed by atoms with van der Waals surface area (Å²) in [5, 5.41) is 0. The number of benzene rings is 1. The van der Waals surface area contributed by atoms with Gasteiger partial charge in [-0.25, -0.2) is 9.97 Å². The highest BCUT2D eigenvalue weighted by Gasteiger charge is 2.21. The molecule has 1 fully saturated rings. The van der Waals surface area contributed by atoms with Crippen LogP contribution in [-0.4, -0.2) is 62.9 Å². The molecule has 29 heavy (non-hydrogen) atoms. The number of ether oxygens (including phenoxy) is 1. The zero-order chi connectivity index (χ0) is 20.4. The van der Waals surface area contributed by atoms with Gasteiger partial charge in [-0.05, 0) is 44.5 Å². The van der Waals surface area contributed by atoms with Gasteiger partial charge in [0, 0.05) is 12.6 Å². The summed E-state index contributed by atoms with van der Waals surface area (Å²) in [6.07, 6.45) is 3.55. The Bertz CT molecular complexity index is 1020. The van der Waals surface area contributed by atoms with Gasteiger partial charge >= 0.3 is 0 Å². The van der Waals surface area contributed by atoms with Crippen molar-refractivity contribution in [2.24, 2.45) is 11.5 Å². The lowest BCUT2D eigenvalue weighted by Crippen LogP contribution is -2.21. The van der Waals surface area contributed by atoms with Gasteiger partial charge in [0.1, 0.15) is 11.4 Å². The third kappa shape index (κ3) is 4.06. The van der Waals surface area contributed by atoms with E-state index < -0.39 is 11.8 Å². The average molecular weight is 397 g/mol. The molecule has 0 bridgehead atoms. The van der Waals surface area contributed by atoms with E-state index in [0.29, 0.717) is 17.9 Å². The molecule has 1 saturated heterocycles. The van der Waals surface area contributed by atoms with Gasteiger partial charge in [0.15, 0.2) is 17.3 Å². The molecule has 1 aliphatic heterocycles. The molecule has 3 heterocycles. The Morgan fingerprint density at radius 2 is 1.83 bits per heavy atom. The van der Waals surface area contributed by atoms with Crippen LogP contribution in [0.15, 0.2) is 18.2 Å². The second-order valence-electron chi connectivity index (χ2n) is 7.05. The van der Waals surface area contributed by atoms with E-state index in [1.165, 1.54) is 25.9 Å². The second-order valence-corrected chi connectivity index (χ2v) is 7.05. The molecule has 0 radical (unpaired) electrons. The first-order chi connectivity index (χ1) is 14.0. The normalized spacial score (nSPS) is 14.5. The monoisotopic (exact) mass is 397 g/mol. The number of aromatic amines is 2. The summed E-state index contributed by atoms with van der Waals surface area (Å²) < 4.78 is 5.85. The summed E-state index contributed by atoms with van der Waals surface area (Å²) in [6, 6.07) is 5.54. The van der Waals surface area contributed by atoms with E-state index in [0.717, 1.165) is 24.2 Å². The number of nitrogens with one attached hydrogen (secondary N) is 2. The van der Waals surface area contributed by atoms with E-state index in [1.807, 2.05) is 18.2 Å². The van der Waals surface area contributed by atoms with Gasteiger partial charge in [0.2, 0.25) is 0 Å². The van der Waals surface area contributed by atoms with Crippen LogP contribution >= 0.6 is 0 Å². The Balaban J connectivity index is 1.47. The third-order valence-electron chi connectivity index (χ3n) is 4.95. The Morgan fingerprint density at radius 1 is 1.07 bits per heavy atom. The number of nitrogens with zero attached hydrogens (tertiary/aromatic N) is 3. The lowest BCUT2D eigenvalue weighted by atomic mass is 10.3. The van der Waals surface area contributed by atoms with Crippen LogP contribution in [0.25, 0.3) is 22.7 Å². The summed E-state index contributed by atoms with van der Waals surface area (Å²) >= 11 is 0. The van der Waals surface area contributed by atoms with Crippen molar-refractivity contribution in [1.82, 2.24) is 24.8 Å².